The molecule has 6 heteroatoms. The molecule has 0 radical (unpaired) electrons. The Balaban J connectivity index is 2.36. The van der Waals surface area contributed by atoms with Crippen LogP contribution in [0.1, 0.15) is 30.1 Å². The molecule has 5 nitrogen and oxygen atoms in total. The van der Waals surface area contributed by atoms with Crippen LogP contribution < -0.4 is 5.32 Å². The van der Waals surface area contributed by atoms with E-state index in [2.05, 4.69) is 17.4 Å². The number of carbonyl (C=O) groups is 1. The number of methoxy groups -OCH3 is 1. The molecule has 0 bridgehead atoms. The number of ether oxygens (including phenoxy) is 1. The Morgan fingerprint density at radius 3 is 2.71 bits per heavy atom. The average molecular weight is 292 g/mol. The Morgan fingerprint density at radius 2 is 2.10 bits per heavy atom. The number of rotatable bonds is 6. The SMILES string of the molecule is CCCCNc1onc(-c2ccc(F)cc2)c1C(=O)OC. The molecule has 2 aromatic rings. The zero-order chi connectivity index (χ0) is 15.2. The molecule has 1 aromatic carbocycles. The van der Waals surface area contributed by atoms with Crippen molar-refractivity contribution < 1.29 is 18.4 Å². The number of benzene rings is 1. The highest BCUT2D eigenvalue weighted by Crippen LogP contribution is 2.29. The Morgan fingerprint density at radius 1 is 1.38 bits per heavy atom. The van der Waals surface area contributed by atoms with Crippen LogP contribution in [0.2, 0.25) is 0 Å². The number of nitrogens with one attached hydrogen (secondary N) is 1. The summed E-state index contributed by atoms with van der Waals surface area (Å²) in [4.78, 5) is 12.0. The summed E-state index contributed by atoms with van der Waals surface area (Å²) in [6, 6.07) is 5.68. The summed E-state index contributed by atoms with van der Waals surface area (Å²) in [6.07, 6.45) is 1.95. The zero-order valence-corrected chi connectivity index (χ0v) is 12.0. The summed E-state index contributed by atoms with van der Waals surface area (Å²) in [5.74, 6) is -0.632. The molecule has 1 heterocycles. The van der Waals surface area contributed by atoms with Crippen LogP contribution in [0.4, 0.5) is 10.3 Å². The molecular formula is C15H17FN2O3. The van der Waals surface area contributed by atoms with E-state index < -0.39 is 5.97 Å². The van der Waals surface area contributed by atoms with E-state index >= 15 is 0 Å². The lowest BCUT2D eigenvalue weighted by Gasteiger charge is -2.04. The maximum Gasteiger partial charge on any atom is 0.345 e. The summed E-state index contributed by atoms with van der Waals surface area (Å²) in [7, 11) is 1.29. The van der Waals surface area contributed by atoms with Crippen molar-refractivity contribution in [1.82, 2.24) is 5.16 Å². The Labute approximate surface area is 122 Å². The molecule has 0 aliphatic carbocycles. The number of aromatic nitrogens is 1. The molecule has 1 aromatic heterocycles. The van der Waals surface area contributed by atoms with Gasteiger partial charge in [-0.15, -0.1) is 0 Å². The van der Waals surface area contributed by atoms with Gasteiger partial charge in [0.15, 0.2) is 5.56 Å². The van der Waals surface area contributed by atoms with Gasteiger partial charge >= 0.3 is 5.97 Å². The van der Waals surface area contributed by atoms with Crippen LogP contribution in [-0.2, 0) is 4.74 Å². The third-order valence-corrected chi connectivity index (χ3v) is 3.02. The van der Waals surface area contributed by atoms with E-state index in [9.17, 15) is 9.18 Å². The van der Waals surface area contributed by atoms with Crippen molar-refractivity contribution in [3.63, 3.8) is 0 Å². The number of hydrogen-bond donors (Lipinski definition) is 1. The summed E-state index contributed by atoms with van der Waals surface area (Å²) in [5, 5.41) is 6.93. The van der Waals surface area contributed by atoms with E-state index in [4.69, 9.17) is 9.26 Å². The number of halogens is 1. The molecule has 1 N–H and O–H groups in total. The molecule has 21 heavy (non-hydrogen) atoms. The lowest BCUT2D eigenvalue weighted by atomic mass is 10.1. The maximum absolute atomic E-state index is 13.0. The first kappa shape index (κ1) is 15.0. The second kappa shape index (κ2) is 6.88. The lowest BCUT2D eigenvalue weighted by Crippen LogP contribution is -2.08. The fourth-order valence-corrected chi connectivity index (χ4v) is 1.89. The third kappa shape index (κ3) is 3.39. The van der Waals surface area contributed by atoms with Crippen LogP contribution in [0, 0.1) is 5.82 Å². The van der Waals surface area contributed by atoms with E-state index in [1.807, 2.05) is 0 Å². The predicted molar refractivity (Wildman–Crippen MR) is 76.6 cm³/mol. The largest absolute Gasteiger partial charge is 0.465 e. The van der Waals surface area contributed by atoms with Gasteiger partial charge in [0, 0.05) is 12.1 Å². The topological polar surface area (TPSA) is 64.4 Å². The highest BCUT2D eigenvalue weighted by molar-refractivity contribution is 6.00. The Hall–Kier alpha value is -2.37. The molecule has 0 aliphatic heterocycles. The quantitative estimate of drug-likeness (QED) is 0.652. The van der Waals surface area contributed by atoms with Crippen LogP contribution in [0.15, 0.2) is 28.8 Å². The first-order chi connectivity index (χ1) is 10.2. The minimum Gasteiger partial charge on any atom is -0.465 e. The van der Waals surface area contributed by atoms with Gasteiger partial charge in [-0.1, -0.05) is 18.5 Å². The number of unbranched alkanes of at least 4 members (excludes halogenated alkanes) is 1. The molecule has 0 amide bonds. The number of hydrogen-bond acceptors (Lipinski definition) is 5. The van der Waals surface area contributed by atoms with Crippen LogP contribution in [0.25, 0.3) is 11.3 Å². The second-order valence-electron chi connectivity index (χ2n) is 4.51. The Bertz CT molecular complexity index is 608. The molecule has 0 spiro atoms. The summed E-state index contributed by atoms with van der Waals surface area (Å²) in [6.45, 7) is 2.73. The molecular weight excluding hydrogens is 275 g/mol. The zero-order valence-electron chi connectivity index (χ0n) is 12.0. The fraction of sp³-hybridized carbons (Fsp3) is 0.333. The van der Waals surface area contributed by atoms with Crippen molar-refractivity contribution >= 4 is 11.9 Å². The van der Waals surface area contributed by atoms with E-state index in [-0.39, 0.29) is 17.3 Å². The smallest absolute Gasteiger partial charge is 0.345 e. The predicted octanol–water partition coefficient (Wildman–Crippen LogP) is 3.48. The van der Waals surface area contributed by atoms with Crippen molar-refractivity contribution in [2.24, 2.45) is 0 Å². The molecule has 0 saturated heterocycles. The van der Waals surface area contributed by atoms with Gasteiger partial charge in [0.2, 0.25) is 5.88 Å². The molecule has 0 saturated carbocycles. The molecule has 0 unspecified atom stereocenters. The van der Waals surface area contributed by atoms with Gasteiger partial charge in [0.05, 0.1) is 7.11 Å². The van der Waals surface area contributed by atoms with Crippen molar-refractivity contribution in [2.75, 3.05) is 19.0 Å². The minimum atomic E-state index is -0.547. The standard InChI is InChI=1S/C15H17FN2O3/c1-3-4-9-17-14-12(15(19)20-2)13(18-21-14)10-5-7-11(16)8-6-10/h5-8,17H,3-4,9H2,1-2H3. The fourth-order valence-electron chi connectivity index (χ4n) is 1.89. The lowest BCUT2D eigenvalue weighted by molar-refractivity contribution is 0.0602. The van der Waals surface area contributed by atoms with E-state index in [0.29, 0.717) is 17.8 Å². The first-order valence-electron chi connectivity index (χ1n) is 6.75. The first-order valence-corrected chi connectivity index (χ1v) is 6.75. The molecule has 2 rings (SSSR count). The summed E-state index contributed by atoms with van der Waals surface area (Å²) >= 11 is 0. The van der Waals surface area contributed by atoms with Gasteiger partial charge in [-0.05, 0) is 30.7 Å². The molecule has 112 valence electrons. The van der Waals surface area contributed by atoms with Crippen molar-refractivity contribution in [3.8, 4) is 11.3 Å². The average Bonchev–Trinajstić information content (AvgIpc) is 2.91. The van der Waals surface area contributed by atoms with Gasteiger partial charge in [-0.25, -0.2) is 9.18 Å². The minimum absolute atomic E-state index is 0.222. The summed E-state index contributed by atoms with van der Waals surface area (Å²) < 4.78 is 23.0. The van der Waals surface area contributed by atoms with Gasteiger partial charge in [0.25, 0.3) is 0 Å². The number of nitrogens with zero attached hydrogens (tertiary/aromatic N) is 1. The molecule has 0 fully saturated rings. The van der Waals surface area contributed by atoms with Gasteiger partial charge in [0.1, 0.15) is 11.5 Å². The number of carbonyl (C=O) groups excluding carboxylic acids is 1. The van der Waals surface area contributed by atoms with E-state index in [1.165, 1.54) is 31.4 Å². The van der Waals surface area contributed by atoms with Crippen LogP contribution in [0.5, 0.6) is 0 Å². The molecule has 0 atom stereocenters. The van der Waals surface area contributed by atoms with Gasteiger partial charge in [-0.2, -0.15) is 0 Å². The Kier molecular flexibility index (Phi) is 4.92. The number of anilines is 1. The van der Waals surface area contributed by atoms with Crippen molar-refractivity contribution in [2.45, 2.75) is 19.8 Å². The molecule has 0 aliphatic rings. The van der Waals surface area contributed by atoms with E-state index in [1.54, 1.807) is 0 Å². The maximum atomic E-state index is 13.0. The van der Waals surface area contributed by atoms with Gasteiger partial charge in [-0.3, -0.25) is 0 Å². The van der Waals surface area contributed by atoms with Crippen LogP contribution in [-0.4, -0.2) is 24.8 Å². The van der Waals surface area contributed by atoms with Crippen LogP contribution >= 0.6 is 0 Å². The third-order valence-electron chi connectivity index (χ3n) is 3.02. The second-order valence-corrected chi connectivity index (χ2v) is 4.51. The normalized spacial score (nSPS) is 10.4. The highest BCUT2D eigenvalue weighted by atomic mass is 19.1. The summed E-state index contributed by atoms with van der Waals surface area (Å²) in [5.41, 5.74) is 1.14. The van der Waals surface area contributed by atoms with E-state index in [0.717, 1.165) is 12.8 Å². The highest BCUT2D eigenvalue weighted by Gasteiger charge is 2.24. The van der Waals surface area contributed by atoms with Crippen molar-refractivity contribution in [3.05, 3.63) is 35.6 Å². The van der Waals surface area contributed by atoms with Crippen molar-refractivity contribution in [1.29, 1.82) is 0 Å². The van der Waals surface area contributed by atoms with Gasteiger partial charge < -0.3 is 14.6 Å². The van der Waals surface area contributed by atoms with Crippen LogP contribution in [0.3, 0.4) is 0 Å². The monoisotopic (exact) mass is 292 g/mol. The number of esters is 1.